The number of hydrogen-bond donors (Lipinski definition) is 2. The molecule has 0 aromatic heterocycles. The molecular formula is C12H24N2O2. The number of nitrogens with zero attached hydrogens (tertiary/aromatic N) is 1. The van der Waals surface area contributed by atoms with Crippen LogP contribution in [0.5, 0.6) is 0 Å². The third kappa shape index (κ3) is 4.49. The molecule has 2 N–H and O–H groups in total. The van der Waals surface area contributed by atoms with Crippen molar-refractivity contribution in [1.29, 1.82) is 0 Å². The van der Waals surface area contributed by atoms with E-state index in [1.54, 1.807) is 0 Å². The normalized spacial score (nSPS) is 20.8. The number of nitrogens with one attached hydrogen (secondary N) is 1. The number of amides is 1. The highest BCUT2D eigenvalue weighted by Gasteiger charge is 2.22. The molecule has 4 nitrogen and oxygen atoms in total. The number of rotatable bonds is 6. The molecular weight excluding hydrogens is 204 g/mol. The Morgan fingerprint density at radius 1 is 1.38 bits per heavy atom. The van der Waals surface area contributed by atoms with E-state index in [2.05, 4.69) is 5.32 Å². The molecule has 94 valence electrons. The molecule has 0 aliphatic carbocycles. The average Bonchev–Trinajstić information content (AvgIpc) is 2.34. The number of unbranched alkanes of at least 4 members (excludes halogenated alkanes) is 2. The van der Waals surface area contributed by atoms with Gasteiger partial charge in [-0.3, -0.25) is 4.79 Å². The van der Waals surface area contributed by atoms with Crippen molar-refractivity contribution in [3.8, 4) is 0 Å². The molecule has 0 saturated carbocycles. The predicted octanol–water partition coefficient (Wildman–Crippen LogP) is 0.749. The maximum atomic E-state index is 12.0. The molecule has 0 spiro atoms. The van der Waals surface area contributed by atoms with Gasteiger partial charge in [0.25, 0.3) is 0 Å². The molecule has 1 fully saturated rings. The van der Waals surface area contributed by atoms with Crippen LogP contribution in [0.1, 0.15) is 38.5 Å². The Morgan fingerprint density at radius 2 is 2.19 bits per heavy atom. The Morgan fingerprint density at radius 3 is 2.81 bits per heavy atom. The van der Waals surface area contributed by atoms with Crippen molar-refractivity contribution < 1.29 is 9.90 Å². The highest BCUT2D eigenvalue weighted by Crippen LogP contribution is 2.09. The number of carbonyl (C=O) groups excluding carboxylic acids is 1. The smallest absolute Gasteiger partial charge is 0.239 e. The van der Waals surface area contributed by atoms with Crippen molar-refractivity contribution in [3.05, 3.63) is 0 Å². The highest BCUT2D eigenvalue weighted by molar-refractivity contribution is 5.81. The van der Waals surface area contributed by atoms with Crippen LogP contribution >= 0.6 is 0 Å². The number of aliphatic hydroxyl groups is 1. The lowest BCUT2D eigenvalue weighted by Gasteiger charge is -2.27. The molecule has 0 unspecified atom stereocenters. The fourth-order valence-electron chi connectivity index (χ4n) is 2.08. The first kappa shape index (κ1) is 13.5. The van der Waals surface area contributed by atoms with E-state index in [1.165, 1.54) is 6.42 Å². The van der Waals surface area contributed by atoms with Crippen LogP contribution in [0.15, 0.2) is 0 Å². The van der Waals surface area contributed by atoms with Crippen molar-refractivity contribution >= 4 is 5.91 Å². The van der Waals surface area contributed by atoms with Gasteiger partial charge < -0.3 is 15.3 Å². The average molecular weight is 228 g/mol. The summed E-state index contributed by atoms with van der Waals surface area (Å²) in [6, 6.07) is 0.0385. The van der Waals surface area contributed by atoms with Gasteiger partial charge in [0.2, 0.25) is 5.91 Å². The molecule has 0 aromatic rings. The Kier molecular flexibility index (Phi) is 6.42. The van der Waals surface area contributed by atoms with E-state index < -0.39 is 0 Å². The van der Waals surface area contributed by atoms with Gasteiger partial charge in [-0.2, -0.15) is 0 Å². The monoisotopic (exact) mass is 228 g/mol. The van der Waals surface area contributed by atoms with E-state index in [-0.39, 0.29) is 18.6 Å². The molecule has 1 amide bonds. The van der Waals surface area contributed by atoms with Gasteiger partial charge in [0, 0.05) is 20.2 Å². The quantitative estimate of drug-likeness (QED) is 0.660. The van der Waals surface area contributed by atoms with Crippen molar-refractivity contribution in [2.75, 3.05) is 26.7 Å². The minimum Gasteiger partial charge on any atom is -0.396 e. The van der Waals surface area contributed by atoms with Gasteiger partial charge in [-0.1, -0.05) is 6.42 Å². The van der Waals surface area contributed by atoms with Crippen molar-refractivity contribution in [2.24, 2.45) is 0 Å². The van der Waals surface area contributed by atoms with Gasteiger partial charge in [0.1, 0.15) is 0 Å². The number of likely N-dealkylation sites (N-methyl/N-ethyl adjacent to an activating group) is 1. The summed E-state index contributed by atoms with van der Waals surface area (Å²) in [6.07, 6.45) is 6.12. The molecule has 1 heterocycles. The van der Waals surface area contributed by atoms with Crippen molar-refractivity contribution in [3.63, 3.8) is 0 Å². The van der Waals surface area contributed by atoms with Crippen LogP contribution in [0.2, 0.25) is 0 Å². The number of hydrogen-bond acceptors (Lipinski definition) is 3. The van der Waals surface area contributed by atoms with Crippen LogP contribution in [0.3, 0.4) is 0 Å². The second-order valence-corrected chi connectivity index (χ2v) is 4.55. The first-order valence-electron chi connectivity index (χ1n) is 6.35. The molecule has 0 bridgehead atoms. The van der Waals surface area contributed by atoms with Crippen LogP contribution in [-0.2, 0) is 4.79 Å². The molecule has 1 rings (SSSR count). The van der Waals surface area contributed by atoms with E-state index in [9.17, 15) is 4.79 Å². The van der Waals surface area contributed by atoms with Crippen LogP contribution in [0, 0.1) is 0 Å². The summed E-state index contributed by atoms with van der Waals surface area (Å²) >= 11 is 0. The Labute approximate surface area is 98.0 Å². The van der Waals surface area contributed by atoms with Crippen molar-refractivity contribution in [2.45, 2.75) is 44.6 Å². The number of piperidine rings is 1. The second kappa shape index (κ2) is 7.63. The number of carbonyl (C=O) groups is 1. The zero-order chi connectivity index (χ0) is 11.8. The zero-order valence-electron chi connectivity index (χ0n) is 10.2. The molecule has 4 heteroatoms. The van der Waals surface area contributed by atoms with E-state index in [1.807, 2.05) is 11.9 Å². The minimum absolute atomic E-state index is 0.0385. The Balaban J connectivity index is 2.18. The van der Waals surface area contributed by atoms with Gasteiger partial charge in [-0.15, -0.1) is 0 Å². The van der Waals surface area contributed by atoms with E-state index >= 15 is 0 Å². The topological polar surface area (TPSA) is 52.6 Å². The lowest BCUT2D eigenvalue weighted by molar-refractivity contribution is -0.132. The third-order valence-corrected chi connectivity index (χ3v) is 3.14. The van der Waals surface area contributed by atoms with E-state index in [0.29, 0.717) is 0 Å². The third-order valence-electron chi connectivity index (χ3n) is 3.14. The molecule has 1 aliphatic rings. The first-order chi connectivity index (χ1) is 7.75. The summed E-state index contributed by atoms with van der Waals surface area (Å²) in [5.74, 6) is 0.226. The molecule has 1 atom stereocenters. The van der Waals surface area contributed by atoms with Crippen LogP contribution in [0.25, 0.3) is 0 Å². The summed E-state index contributed by atoms with van der Waals surface area (Å²) < 4.78 is 0. The van der Waals surface area contributed by atoms with E-state index in [4.69, 9.17) is 5.11 Å². The summed E-state index contributed by atoms with van der Waals surface area (Å²) in [7, 11) is 1.87. The summed E-state index contributed by atoms with van der Waals surface area (Å²) in [4.78, 5) is 13.8. The fraction of sp³-hybridized carbons (Fsp3) is 0.917. The maximum absolute atomic E-state index is 12.0. The highest BCUT2D eigenvalue weighted by atomic mass is 16.2. The molecule has 16 heavy (non-hydrogen) atoms. The first-order valence-corrected chi connectivity index (χ1v) is 6.35. The van der Waals surface area contributed by atoms with Gasteiger partial charge in [-0.05, 0) is 38.6 Å². The molecule has 1 aliphatic heterocycles. The van der Waals surface area contributed by atoms with Gasteiger partial charge in [0.05, 0.1) is 6.04 Å². The zero-order valence-corrected chi connectivity index (χ0v) is 10.2. The second-order valence-electron chi connectivity index (χ2n) is 4.55. The van der Waals surface area contributed by atoms with Crippen LogP contribution < -0.4 is 5.32 Å². The predicted molar refractivity (Wildman–Crippen MR) is 64.2 cm³/mol. The summed E-state index contributed by atoms with van der Waals surface area (Å²) in [5.41, 5.74) is 0. The van der Waals surface area contributed by atoms with Crippen molar-refractivity contribution in [1.82, 2.24) is 10.2 Å². The lowest BCUT2D eigenvalue weighted by atomic mass is 10.0. The van der Waals surface area contributed by atoms with Crippen LogP contribution in [-0.4, -0.2) is 48.7 Å². The van der Waals surface area contributed by atoms with Gasteiger partial charge in [0.15, 0.2) is 0 Å². The lowest BCUT2D eigenvalue weighted by Crippen LogP contribution is -2.47. The van der Waals surface area contributed by atoms with Gasteiger partial charge >= 0.3 is 0 Å². The molecule has 0 aromatic carbocycles. The summed E-state index contributed by atoms with van der Waals surface area (Å²) in [6.45, 7) is 2.02. The van der Waals surface area contributed by atoms with Crippen LogP contribution in [0.4, 0.5) is 0 Å². The van der Waals surface area contributed by atoms with Gasteiger partial charge in [-0.25, -0.2) is 0 Å². The standard InChI is InChI=1S/C12H24N2O2/c1-14(9-5-2-6-10-15)12(16)11-7-3-4-8-13-11/h11,13,15H,2-10H2,1H3/t11-/m1/s1. The Bertz CT molecular complexity index is 203. The SMILES string of the molecule is CN(CCCCCO)C(=O)[C@H]1CCCCN1. The molecule has 0 radical (unpaired) electrons. The number of aliphatic hydroxyl groups excluding tert-OH is 1. The Hall–Kier alpha value is -0.610. The fourth-order valence-corrected chi connectivity index (χ4v) is 2.08. The van der Waals surface area contributed by atoms with E-state index in [0.717, 1.165) is 45.2 Å². The summed E-state index contributed by atoms with van der Waals surface area (Å²) in [5, 5.41) is 11.9. The maximum Gasteiger partial charge on any atom is 0.239 e. The minimum atomic E-state index is 0.0385. The largest absolute Gasteiger partial charge is 0.396 e. The molecule has 1 saturated heterocycles.